The number of rotatable bonds is 6. The lowest BCUT2D eigenvalue weighted by atomic mass is 9.96. The number of nitrogens with zero attached hydrogens (tertiary/aromatic N) is 4. The third kappa shape index (κ3) is 6.49. The number of benzene rings is 1. The predicted molar refractivity (Wildman–Crippen MR) is 126 cm³/mol. The van der Waals surface area contributed by atoms with Gasteiger partial charge < -0.3 is 10.2 Å². The van der Waals surface area contributed by atoms with Crippen LogP contribution >= 0.6 is 47.2 Å². The molecule has 2 aromatic rings. The summed E-state index contributed by atoms with van der Waals surface area (Å²) in [5, 5.41) is 11.8. The highest BCUT2D eigenvalue weighted by molar-refractivity contribution is 14.0. The van der Waals surface area contributed by atoms with Gasteiger partial charge in [-0.2, -0.15) is 5.10 Å². The van der Waals surface area contributed by atoms with E-state index in [9.17, 15) is 0 Å². The van der Waals surface area contributed by atoms with E-state index in [0.717, 1.165) is 74.2 Å². The van der Waals surface area contributed by atoms with Crippen LogP contribution in [0.4, 0.5) is 0 Å². The Morgan fingerprint density at radius 1 is 1.32 bits per heavy atom. The highest BCUT2D eigenvalue weighted by Gasteiger charge is 2.24. The molecule has 1 aromatic heterocycles. The number of aliphatic imine (C=N–C) groups is 1. The highest BCUT2D eigenvalue weighted by atomic mass is 127. The summed E-state index contributed by atoms with van der Waals surface area (Å²) in [5.41, 5.74) is 1.12. The van der Waals surface area contributed by atoms with Gasteiger partial charge in [0.05, 0.1) is 0 Å². The van der Waals surface area contributed by atoms with Crippen molar-refractivity contribution in [1.29, 1.82) is 0 Å². The zero-order valence-corrected chi connectivity index (χ0v) is 19.8. The number of H-pyrrole nitrogens is 1. The average Bonchev–Trinajstić information content (AvgIpc) is 3.21. The van der Waals surface area contributed by atoms with E-state index in [2.05, 4.69) is 32.3 Å². The van der Waals surface area contributed by atoms with E-state index < -0.39 is 0 Å². The van der Waals surface area contributed by atoms with Crippen LogP contribution < -0.4 is 5.32 Å². The molecule has 0 radical (unpaired) electrons. The standard InChI is InChI=1S/C19H26Cl2N6.HI/c1-2-22-19(23-9-3-4-14-5-6-16(20)12-17(14)21)27-10-7-15(8-11-27)18-24-13-25-26-18;/h5-6,12-13,15H,2-4,7-11H2,1H3,(H,22,23)(H,24,25,26);1H. The number of aromatic amines is 1. The summed E-state index contributed by atoms with van der Waals surface area (Å²) in [7, 11) is 0. The minimum absolute atomic E-state index is 0. The molecule has 1 aliphatic heterocycles. The van der Waals surface area contributed by atoms with Crippen molar-refractivity contribution >= 4 is 53.1 Å². The van der Waals surface area contributed by atoms with Gasteiger partial charge in [0.15, 0.2) is 5.96 Å². The van der Waals surface area contributed by atoms with Crippen LogP contribution in [0.3, 0.4) is 0 Å². The molecule has 0 atom stereocenters. The van der Waals surface area contributed by atoms with Gasteiger partial charge >= 0.3 is 0 Å². The number of halogens is 3. The fourth-order valence-electron chi connectivity index (χ4n) is 3.38. The van der Waals surface area contributed by atoms with Gasteiger partial charge in [0.1, 0.15) is 12.2 Å². The lowest BCUT2D eigenvalue weighted by Crippen LogP contribution is -2.45. The van der Waals surface area contributed by atoms with Crippen molar-refractivity contribution in [2.75, 3.05) is 26.2 Å². The monoisotopic (exact) mass is 536 g/mol. The molecular weight excluding hydrogens is 510 g/mol. The molecule has 0 aliphatic carbocycles. The van der Waals surface area contributed by atoms with Crippen molar-refractivity contribution in [3.05, 3.63) is 46.0 Å². The molecule has 0 amide bonds. The Hall–Kier alpha value is -1.06. The Kier molecular flexibility index (Phi) is 9.81. The molecule has 2 N–H and O–H groups in total. The van der Waals surface area contributed by atoms with Gasteiger partial charge in [-0.05, 0) is 50.3 Å². The summed E-state index contributed by atoms with van der Waals surface area (Å²) >= 11 is 12.2. The van der Waals surface area contributed by atoms with Crippen molar-refractivity contribution in [3.63, 3.8) is 0 Å². The SMILES string of the molecule is CCNC(=NCCCc1ccc(Cl)cc1Cl)N1CCC(c2ncn[nH]2)CC1.I. The van der Waals surface area contributed by atoms with E-state index >= 15 is 0 Å². The molecule has 1 aromatic carbocycles. The van der Waals surface area contributed by atoms with Crippen molar-refractivity contribution < 1.29 is 0 Å². The largest absolute Gasteiger partial charge is 0.357 e. The van der Waals surface area contributed by atoms with Crippen molar-refractivity contribution in [3.8, 4) is 0 Å². The fraction of sp³-hybridized carbons (Fsp3) is 0.526. The van der Waals surface area contributed by atoms with Crippen LogP contribution in [0.15, 0.2) is 29.5 Å². The van der Waals surface area contributed by atoms with Gasteiger partial charge in [-0.1, -0.05) is 29.3 Å². The number of aryl methyl sites for hydroxylation is 1. The summed E-state index contributed by atoms with van der Waals surface area (Å²) in [6.07, 6.45) is 5.54. The lowest BCUT2D eigenvalue weighted by Gasteiger charge is -2.33. The molecule has 1 aliphatic rings. The van der Waals surface area contributed by atoms with Crippen LogP contribution in [-0.4, -0.2) is 52.2 Å². The summed E-state index contributed by atoms with van der Waals surface area (Å²) in [6, 6.07) is 5.67. The minimum atomic E-state index is 0. The zero-order chi connectivity index (χ0) is 19.1. The first-order valence-electron chi connectivity index (χ1n) is 9.49. The summed E-state index contributed by atoms with van der Waals surface area (Å²) in [6.45, 7) is 5.68. The summed E-state index contributed by atoms with van der Waals surface area (Å²) < 4.78 is 0. The number of aromatic nitrogens is 3. The van der Waals surface area contributed by atoms with E-state index in [-0.39, 0.29) is 24.0 Å². The molecule has 28 heavy (non-hydrogen) atoms. The van der Waals surface area contributed by atoms with Crippen LogP contribution in [0.25, 0.3) is 0 Å². The van der Waals surface area contributed by atoms with Gasteiger partial charge in [0.2, 0.25) is 0 Å². The molecular formula is C19H27Cl2IN6. The van der Waals surface area contributed by atoms with E-state index in [4.69, 9.17) is 28.2 Å². The first kappa shape index (κ1) is 23.2. The average molecular weight is 537 g/mol. The molecule has 9 heteroatoms. The Labute approximate surface area is 193 Å². The molecule has 1 fully saturated rings. The smallest absolute Gasteiger partial charge is 0.193 e. The van der Waals surface area contributed by atoms with Gasteiger partial charge in [0.25, 0.3) is 0 Å². The topological polar surface area (TPSA) is 69.2 Å². The molecule has 154 valence electrons. The van der Waals surface area contributed by atoms with Crippen molar-refractivity contribution in [1.82, 2.24) is 25.4 Å². The summed E-state index contributed by atoms with van der Waals surface area (Å²) in [4.78, 5) is 11.5. The van der Waals surface area contributed by atoms with Gasteiger partial charge in [-0.15, -0.1) is 24.0 Å². The van der Waals surface area contributed by atoms with E-state index in [1.54, 1.807) is 12.4 Å². The Bertz CT molecular complexity index is 745. The second kappa shape index (κ2) is 11.8. The van der Waals surface area contributed by atoms with Crippen LogP contribution in [-0.2, 0) is 6.42 Å². The van der Waals surface area contributed by atoms with Crippen LogP contribution in [0.2, 0.25) is 10.0 Å². The maximum Gasteiger partial charge on any atom is 0.193 e. The molecule has 2 heterocycles. The third-order valence-corrected chi connectivity index (χ3v) is 5.42. The first-order chi connectivity index (χ1) is 13.2. The molecule has 6 nitrogen and oxygen atoms in total. The molecule has 0 unspecified atom stereocenters. The van der Waals surface area contributed by atoms with Gasteiger partial charge in [-0.3, -0.25) is 10.1 Å². The second-order valence-corrected chi connectivity index (χ2v) is 7.55. The molecule has 0 saturated carbocycles. The molecule has 0 spiro atoms. The van der Waals surface area contributed by atoms with Crippen molar-refractivity contribution in [2.45, 2.75) is 38.5 Å². The second-order valence-electron chi connectivity index (χ2n) is 6.71. The van der Waals surface area contributed by atoms with E-state index in [0.29, 0.717) is 10.9 Å². The third-order valence-electron chi connectivity index (χ3n) is 4.83. The number of piperidine rings is 1. The normalized spacial score (nSPS) is 15.4. The molecule has 3 rings (SSSR count). The van der Waals surface area contributed by atoms with E-state index in [1.165, 1.54) is 0 Å². The highest BCUT2D eigenvalue weighted by Crippen LogP contribution is 2.25. The molecule has 0 bridgehead atoms. The number of hydrogen-bond donors (Lipinski definition) is 2. The Morgan fingerprint density at radius 2 is 2.11 bits per heavy atom. The fourth-order valence-corrected chi connectivity index (χ4v) is 3.88. The van der Waals surface area contributed by atoms with Gasteiger partial charge in [0, 0.05) is 42.1 Å². The quantitative estimate of drug-likeness (QED) is 0.247. The first-order valence-corrected chi connectivity index (χ1v) is 10.3. The number of likely N-dealkylation sites (tertiary alicyclic amines) is 1. The summed E-state index contributed by atoms with van der Waals surface area (Å²) in [5.74, 6) is 2.45. The van der Waals surface area contributed by atoms with E-state index in [1.807, 2.05) is 12.1 Å². The maximum atomic E-state index is 6.25. The minimum Gasteiger partial charge on any atom is -0.357 e. The number of nitrogens with one attached hydrogen (secondary N) is 2. The van der Waals surface area contributed by atoms with Crippen LogP contribution in [0, 0.1) is 0 Å². The maximum absolute atomic E-state index is 6.25. The van der Waals surface area contributed by atoms with Gasteiger partial charge in [-0.25, -0.2) is 4.98 Å². The zero-order valence-electron chi connectivity index (χ0n) is 16.0. The Morgan fingerprint density at radius 3 is 2.75 bits per heavy atom. The molecule has 1 saturated heterocycles. The number of guanidine groups is 1. The Balaban J connectivity index is 0.00000280. The van der Waals surface area contributed by atoms with Crippen LogP contribution in [0.1, 0.15) is 43.5 Å². The lowest BCUT2D eigenvalue weighted by molar-refractivity contribution is 0.299. The van der Waals surface area contributed by atoms with Crippen LogP contribution in [0.5, 0.6) is 0 Å². The predicted octanol–water partition coefficient (Wildman–Crippen LogP) is 4.51. The van der Waals surface area contributed by atoms with Crippen molar-refractivity contribution in [2.24, 2.45) is 4.99 Å². The number of hydrogen-bond acceptors (Lipinski definition) is 3.